The topological polar surface area (TPSA) is 29.1 Å². The van der Waals surface area contributed by atoms with Gasteiger partial charge < -0.3 is 5.32 Å². The molecular formula is C10H18BrNOS. The number of thioether (sulfide) groups is 1. The lowest BCUT2D eigenvalue weighted by atomic mass is 10.1. The van der Waals surface area contributed by atoms with E-state index in [-0.39, 0.29) is 17.9 Å². The quantitative estimate of drug-likeness (QED) is 0.801. The van der Waals surface area contributed by atoms with Gasteiger partial charge in [-0.3, -0.25) is 4.79 Å². The second-order valence-corrected chi connectivity index (χ2v) is 6.70. The van der Waals surface area contributed by atoms with Crippen molar-refractivity contribution in [1.29, 1.82) is 0 Å². The fourth-order valence-electron chi connectivity index (χ4n) is 1.65. The van der Waals surface area contributed by atoms with E-state index in [2.05, 4.69) is 35.1 Å². The minimum atomic E-state index is 0.246. The molecule has 14 heavy (non-hydrogen) atoms. The van der Waals surface area contributed by atoms with Crippen LogP contribution < -0.4 is 5.32 Å². The Morgan fingerprint density at radius 1 is 1.64 bits per heavy atom. The summed E-state index contributed by atoms with van der Waals surface area (Å²) in [5.41, 5.74) is 0. The smallest absolute Gasteiger partial charge is 0.224 e. The van der Waals surface area contributed by atoms with E-state index in [1.807, 2.05) is 11.8 Å². The van der Waals surface area contributed by atoms with Crippen LogP contribution in [0.3, 0.4) is 0 Å². The Balaban J connectivity index is 2.25. The third kappa shape index (κ3) is 4.22. The first kappa shape index (κ1) is 12.4. The highest BCUT2D eigenvalue weighted by molar-refractivity contribution is 9.09. The lowest BCUT2D eigenvalue weighted by molar-refractivity contribution is -0.124. The zero-order valence-electron chi connectivity index (χ0n) is 8.75. The standard InChI is InChI=1S/C10H18BrNOS/c1-7(11)5-8(2)12-10(13)9-3-4-14-6-9/h7-9H,3-6H2,1-2H3,(H,12,13). The Morgan fingerprint density at radius 3 is 2.86 bits per heavy atom. The SMILES string of the molecule is CC(Br)CC(C)NC(=O)C1CCSC1. The van der Waals surface area contributed by atoms with Gasteiger partial charge in [-0.2, -0.15) is 11.8 Å². The molecule has 0 aromatic carbocycles. The van der Waals surface area contributed by atoms with Crippen molar-refractivity contribution in [3.63, 3.8) is 0 Å². The molecule has 1 rings (SSSR count). The van der Waals surface area contributed by atoms with Crippen molar-refractivity contribution in [2.45, 2.75) is 37.6 Å². The molecule has 4 heteroatoms. The molecule has 1 aliphatic rings. The first-order chi connectivity index (χ1) is 6.59. The van der Waals surface area contributed by atoms with E-state index >= 15 is 0 Å². The fraction of sp³-hybridized carbons (Fsp3) is 0.900. The Labute approximate surface area is 98.7 Å². The number of halogens is 1. The summed E-state index contributed by atoms with van der Waals surface area (Å²) in [6.07, 6.45) is 2.04. The molecule has 0 radical (unpaired) electrons. The maximum Gasteiger partial charge on any atom is 0.224 e. The van der Waals surface area contributed by atoms with Gasteiger partial charge in [-0.05, 0) is 25.5 Å². The number of carbonyl (C=O) groups is 1. The van der Waals surface area contributed by atoms with Crippen LogP contribution in [0, 0.1) is 5.92 Å². The molecule has 0 aliphatic carbocycles. The van der Waals surface area contributed by atoms with E-state index in [1.165, 1.54) is 0 Å². The first-order valence-corrected chi connectivity index (χ1v) is 7.19. The van der Waals surface area contributed by atoms with Crippen LogP contribution in [-0.4, -0.2) is 28.3 Å². The van der Waals surface area contributed by atoms with Crippen LogP contribution in [0.5, 0.6) is 0 Å². The van der Waals surface area contributed by atoms with Crippen LogP contribution >= 0.6 is 27.7 Å². The van der Waals surface area contributed by atoms with Gasteiger partial charge >= 0.3 is 0 Å². The molecule has 1 saturated heterocycles. The lowest BCUT2D eigenvalue weighted by Gasteiger charge is -2.17. The predicted octanol–water partition coefficient (Wildman–Crippen LogP) is 2.42. The van der Waals surface area contributed by atoms with E-state index in [0.717, 1.165) is 24.3 Å². The van der Waals surface area contributed by atoms with Gasteiger partial charge in [0.25, 0.3) is 0 Å². The average molecular weight is 280 g/mol. The van der Waals surface area contributed by atoms with Gasteiger partial charge in [0, 0.05) is 22.5 Å². The number of rotatable bonds is 4. The van der Waals surface area contributed by atoms with Crippen molar-refractivity contribution < 1.29 is 4.79 Å². The summed E-state index contributed by atoms with van der Waals surface area (Å²) in [7, 11) is 0. The highest BCUT2D eigenvalue weighted by Gasteiger charge is 2.24. The Morgan fingerprint density at radius 2 is 2.36 bits per heavy atom. The summed E-state index contributed by atoms with van der Waals surface area (Å²) in [5, 5.41) is 3.07. The van der Waals surface area contributed by atoms with Gasteiger partial charge in [-0.25, -0.2) is 0 Å². The van der Waals surface area contributed by atoms with E-state index in [4.69, 9.17) is 0 Å². The van der Waals surface area contributed by atoms with Crippen molar-refractivity contribution in [1.82, 2.24) is 5.32 Å². The van der Waals surface area contributed by atoms with Crippen molar-refractivity contribution in [2.24, 2.45) is 5.92 Å². The van der Waals surface area contributed by atoms with Crippen molar-refractivity contribution >= 4 is 33.6 Å². The second kappa shape index (κ2) is 6.01. The molecule has 0 bridgehead atoms. The minimum Gasteiger partial charge on any atom is -0.353 e. The number of nitrogens with one attached hydrogen (secondary N) is 1. The molecule has 2 nitrogen and oxygen atoms in total. The van der Waals surface area contributed by atoms with Crippen LogP contribution in [0.4, 0.5) is 0 Å². The van der Waals surface area contributed by atoms with Crippen LogP contribution in [0.2, 0.25) is 0 Å². The molecule has 1 N–H and O–H groups in total. The van der Waals surface area contributed by atoms with Crippen LogP contribution in [0.25, 0.3) is 0 Å². The first-order valence-electron chi connectivity index (χ1n) is 5.11. The second-order valence-electron chi connectivity index (χ2n) is 3.99. The van der Waals surface area contributed by atoms with Gasteiger partial charge in [0.1, 0.15) is 0 Å². The van der Waals surface area contributed by atoms with Gasteiger partial charge in [-0.1, -0.05) is 22.9 Å². The highest BCUT2D eigenvalue weighted by Crippen LogP contribution is 2.23. The van der Waals surface area contributed by atoms with Crippen LogP contribution in [-0.2, 0) is 4.79 Å². The van der Waals surface area contributed by atoms with Gasteiger partial charge in [0.15, 0.2) is 0 Å². The molecule has 0 aromatic heterocycles. The summed E-state index contributed by atoms with van der Waals surface area (Å²) in [6.45, 7) is 4.17. The maximum atomic E-state index is 11.7. The summed E-state index contributed by atoms with van der Waals surface area (Å²) in [4.78, 5) is 12.2. The Kier molecular flexibility index (Phi) is 5.31. The maximum absolute atomic E-state index is 11.7. The number of alkyl halides is 1. The third-order valence-electron chi connectivity index (χ3n) is 2.37. The van der Waals surface area contributed by atoms with Crippen molar-refractivity contribution in [3.8, 4) is 0 Å². The molecule has 0 spiro atoms. The minimum absolute atomic E-state index is 0.246. The van der Waals surface area contributed by atoms with Crippen molar-refractivity contribution in [2.75, 3.05) is 11.5 Å². The zero-order chi connectivity index (χ0) is 10.6. The van der Waals surface area contributed by atoms with Crippen LogP contribution in [0.1, 0.15) is 26.7 Å². The molecule has 1 fully saturated rings. The number of hydrogen-bond donors (Lipinski definition) is 1. The molecule has 0 saturated carbocycles. The summed E-state index contributed by atoms with van der Waals surface area (Å²) in [6, 6.07) is 0.280. The van der Waals surface area contributed by atoms with Gasteiger partial charge in [0.05, 0.1) is 0 Å². The van der Waals surface area contributed by atoms with E-state index in [1.54, 1.807) is 0 Å². The third-order valence-corrected chi connectivity index (χ3v) is 3.90. The van der Waals surface area contributed by atoms with Gasteiger partial charge in [0.2, 0.25) is 5.91 Å². The van der Waals surface area contributed by atoms with E-state index in [0.29, 0.717) is 4.83 Å². The van der Waals surface area contributed by atoms with Crippen molar-refractivity contribution in [3.05, 3.63) is 0 Å². The van der Waals surface area contributed by atoms with Gasteiger partial charge in [-0.15, -0.1) is 0 Å². The average Bonchev–Trinajstić information content (AvgIpc) is 2.53. The lowest BCUT2D eigenvalue weighted by Crippen LogP contribution is -2.38. The highest BCUT2D eigenvalue weighted by atomic mass is 79.9. The summed E-state index contributed by atoms with van der Waals surface area (Å²) < 4.78 is 0. The Hall–Kier alpha value is 0.300. The van der Waals surface area contributed by atoms with Crippen LogP contribution in [0.15, 0.2) is 0 Å². The molecule has 0 aromatic rings. The van der Waals surface area contributed by atoms with E-state index < -0.39 is 0 Å². The molecule has 82 valence electrons. The van der Waals surface area contributed by atoms with E-state index in [9.17, 15) is 4.79 Å². The normalized spacial score (nSPS) is 25.8. The monoisotopic (exact) mass is 279 g/mol. The molecule has 3 atom stereocenters. The molecule has 1 aliphatic heterocycles. The zero-order valence-corrected chi connectivity index (χ0v) is 11.2. The molecule has 1 heterocycles. The summed E-state index contributed by atoms with van der Waals surface area (Å²) in [5.74, 6) is 2.65. The number of carbonyl (C=O) groups excluding carboxylic acids is 1. The molecule has 3 unspecified atom stereocenters. The predicted molar refractivity (Wildman–Crippen MR) is 66.0 cm³/mol. The fourth-order valence-corrected chi connectivity index (χ4v) is 3.43. The summed E-state index contributed by atoms with van der Waals surface area (Å²) >= 11 is 5.37. The molecule has 1 amide bonds. The Bertz CT molecular complexity index is 193. The molecular weight excluding hydrogens is 262 g/mol. The number of hydrogen-bond acceptors (Lipinski definition) is 2. The largest absolute Gasteiger partial charge is 0.353 e. The number of amides is 1.